The number of piperidine rings is 1. The van der Waals surface area contributed by atoms with Gasteiger partial charge in [-0.2, -0.15) is 17.5 Å². The van der Waals surface area contributed by atoms with E-state index in [1.54, 1.807) is 4.57 Å². The Morgan fingerprint density at radius 3 is 2.29 bits per heavy atom. The van der Waals surface area contributed by atoms with Crippen LogP contribution in [0.15, 0.2) is 22.3 Å². The molecular formula is C15H21F3N6O3S. The summed E-state index contributed by atoms with van der Waals surface area (Å²) < 4.78 is 68.5. The van der Waals surface area contributed by atoms with Crippen LogP contribution < -0.4 is 5.69 Å². The van der Waals surface area contributed by atoms with Gasteiger partial charge in [0.15, 0.2) is 5.03 Å². The molecule has 0 amide bonds. The van der Waals surface area contributed by atoms with Crippen molar-refractivity contribution in [2.75, 3.05) is 13.1 Å². The highest BCUT2D eigenvalue weighted by molar-refractivity contribution is 7.89. The van der Waals surface area contributed by atoms with E-state index in [9.17, 15) is 26.4 Å². The van der Waals surface area contributed by atoms with Gasteiger partial charge in [0.1, 0.15) is 0 Å². The van der Waals surface area contributed by atoms with Gasteiger partial charge >= 0.3 is 11.9 Å². The summed E-state index contributed by atoms with van der Waals surface area (Å²) in [5.74, 6) is -1.27. The lowest BCUT2D eigenvalue weighted by molar-refractivity contribution is -0.147. The third-order valence-corrected chi connectivity index (χ3v) is 6.59. The Bertz CT molecular complexity index is 1010. The van der Waals surface area contributed by atoms with E-state index in [-0.39, 0.29) is 37.0 Å². The van der Waals surface area contributed by atoms with Crippen molar-refractivity contribution in [3.05, 3.63) is 28.8 Å². The molecule has 0 unspecified atom stereocenters. The zero-order valence-corrected chi connectivity index (χ0v) is 16.4. The van der Waals surface area contributed by atoms with Crippen molar-refractivity contribution < 1.29 is 21.6 Å². The van der Waals surface area contributed by atoms with Crippen molar-refractivity contribution in [1.82, 2.24) is 28.2 Å². The van der Waals surface area contributed by atoms with Gasteiger partial charge < -0.3 is 4.57 Å². The minimum Gasteiger partial charge on any atom is -0.334 e. The van der Waals surface area contributed by atoms with Gasteiger partial charge in [-0.25, -0.2) is 22.9 Å². The molecule has 2 aromatic rings. The van der Waals surface area contributed by atoms with Crippen molar-refractivity contribution in [3.63, 3.8) is 0 Å². The van der Waals surface area contributed by atoms with E-state index in [1.165, 1.54) is 16.8 Å². The molecule has 3 rings (SSSR count). The van der Waals surface area contributed by atoms with E-state index < -0.39 is 33.8 Å². The maximum atomic E-state index is 12.9. The van der Waals surface area contributed by atoms with Gasteiger partial charge in [-0.05, 0) is 26.7 Å². The minimum atomic E-state index is -4.74. The lowest BCUT2D eigenvalue weighted by atomic mass is 10.1. The van der Waals surface area contributed by atoms with Gasteiger partial charge in [-0.3, -0.25) is 4.57 Å². The Hall–Kier alpha value is -2.15. The summed E-state index contributed by atoms with van der Waals surface area (Å²) in [7, 11) is -2.80. The van der Waals surface area contributed by atoms with Gasteiger partial charge in [0.05, 0.1) is 12.4 Å². The Morgan fingerprint density at radius 1 is 1.21 bits per heavy atom. The van der Waals surface area contributed by atoms with Crippen LogP contribution in [0.4, 0.5) is 13.2 Å². The van der Waals surface area contributed by atoms with Crippen LogP contribution in [-0.2, 0) is 23.2 Å². The predicted octanol–water partition coefficient (Wildman–Crippen LogP) is 1.40. The fourth-order valence-electron chi connectivity index (χ4n) is 3.13. The molecule has 1 aliphatic rings. The number of sulfonamides is 1. The summed E-state index contributed by atoms with van der Waals surface area (Å²) in [6.07, 6.45) is -1.49. The average Bonchev–Trinajstić information content (AvgIpc) is 3.22. The average molecular weight is 422 g/mol. The standard InChI is InChI=1S/C15H21F3N6O3S/c1-10(2)22-8-12(19-9-22)28(26,27)23-6-4-11(5-7-23)24-14(25)21(3)13(20-24)15(16,17)18/h8-11H,4-7H2,1-3H3. The molecule has 0 aliphatic carbocycles. The smallest absolute Gasteiger partial charge is 0.334 e. The number of aromatic nitrogens is 5. The second kappa shape index (κ2) is 7.03. The molecule has 0 atom stereocenters. The highest BCUT2D eigenvalue weighted by Gasteiger charge is 2.39. The monoisotopic (exact) mass is 422 g/mol. The maximum absolute atomic E-state index is 12.9. The Balaban J connectivity index is 1.77. The molecule has 0 N–H and O–H groups in total. The zero-order chi connectivity index (χ0) is 20.9. The summed E-state index contributed by atoms with van der Waals surface area (Å²) in [6, 6.07) is -0.546. The zero-order valence-electron chi connectivity index (χ0n) is 15.6. The lowest BCUT2D eigenvalue weighted by Crippen LogP contribution is -2.41. The normalized spacial score (nSPS) is 17.5. The third-order valence-electron chi connectivity index (χ3n) is 4.80. The maximum Gasteiger partial charge on any atom is 0.451 e. The molecular weight excluding hydrogens is 401 g/mol. The van der Waals surface area contributed by atoms with Crippen LogP contribution in [0, 0.1) is 0 Å². The van der Waals surface area contributed by atoms with Crippen molar-refractivity contribution in [1.29, 1.82) is 0 Å². The topological polar surface area (TPSA) is 95.0 Å². The summed E-state index contributed by atoms with van der Waals surface area (Å²) in [6.45, 7) is 3.91. The van der Waals surface area contributed by atoms with Gasteiger partial charge in [0.25, 0.3) is 10.0 Å². The molecule has 1 aliphatic heterocycles. The van der Waals surface area contributed by atoms with Crippen LogP contribution in [0.1, 0.15) is 44.6 Å². The quantitative estimate of drug-likeness (QED) is 0.742. The van der Waals surface area contributed by atoms with Gasteiger partial charge in [0.2, 0.25) is 5.82 Å². The Kier molecular flexibility index (Phi) is 5.17. The first-order valence-electron chi connectivity index (χ1n) is 8.69. The van der Waals surface area contributed by atoms with E-state index in [2.05, 4.69) is 10.1 Å². The first-order valence-corrected chi connectivity index (χ1v) is 10.1. The second-order valence-electron chi connectivity index (χ2n) is 7.00. The second-order valence-corrected chi connectivity index (χ2v) is 8.88. The van der Waals surface area contributed by atoms with E-state index in [1.807, 2.05) is 13.8 Å². The van der Waals surface area contributed by atoms with Crippen LogP contribution in [0.5, 0.6) is 0 Å². The van der Waals surface area contributed by atoms with Crippen LogP contribution >= 0.6 is 0 Å². The number of hydrogen-bond acceptors (Lipinski definition) is 5. The number of imidazole rings is 1. The van der Waals surface area contributed by atoms with Crippen molar-refractivity contribution >= 4 is 10.0 Å². The number of rotatable bonds is 4. The van der Waals surface area contributed by atoms with Crippen LogP contribution in [0.2, 0.25) is 0 Å². The molecule has 3 heterocycles. The Morgan fingerprint density at radius 2 is 1.82 bits per heavy atom. The predicted molar refractivity (Wildman–Crippen MR) is 92.1 cm³/mol. The molecule has 2 aromatic heterocycles. The largest absolute Gasteiger partial charge is 0.451 e. The fraction of sp³-hybridized carbons (Fsp3) is 0.667. The van der Waals surface area contributed by atoms with Crippen molar-refractivity contribution in [3.8, 4) is 0 Å². The number of alkyl halides is 3. The summed E-state index contributed by atoms with van der Waals surface area (Å²) >= 11 is 0. The van der Waals surface area contributed by atoms with Crippen LogP contribution in [-0.4, -0.2) is 49.7 Å². The van der Waals surface area contributed by atoms with E-state index >= 15 is 0 Å². The molecule has 9 nitrogen and oxygen atoms in total. The van der Waals surface area contributed by atoms with E-state index in [0.29, 0.717) is 4.57 Å². The van der Waals surface area contributed by atoms with E-state index in [4.69, 9.17) is 0 Å². The first-order chi connectivity index (χ1) is 12.9. The SMILES string of the molecule is CC(C)n1cnc(S(=O)(=O)N2CCC(n3nc(C(F)(F)F)n(C)c3=O)CC2)c1. The minimum absolute atomic E-state index is 0.0565. The van der Waals surface area contributed by atoms with Gasteiger partial charge in [0, 0.05) is 32.4 Å². The van der Waals surface area contributed by atoms with E-state index in [0.717, 1.165) is 11.7 Å². The molecule has 0 saturated carbocycles. The van der Waals surface area contributed by atoms with Crippen LogP contribution in [0.25, 0.3) is 0 Å². The Labute approximate surface area is 159 Å². The lowest BCUT2D eigenvalue weighted by Gasteiger charge is -2.30. The van der Waals surface area contributed by atoms with Crippen molar-refractivity contribution in [2.24, 2.45) is 7.05 Å². The highest BCUT2D eigenvalue weighted by atomic mass is 32.2. The molecule has 156 valence electrons. The van der Waals surface area contributed by atoms with Gasteiger partial charge in [-0.15, -0.1) is 5.10 Å². The molecule has 13 heteroatoms. The third kappa shape index (κ3) is 3.60. The first kappa shape index (κ1) is 20.6. The van der Waals surface area contributed by atoms with Crippen molar-refractivity contribution in [2.45, 2.75) is 50.0 Å². The molecule has 1 fully saturated rings. The fourth-order valence-corrected chi connectivity index (χ4v) is 4.52. The summed E-state index contributed by atoms with van der Waals surface area (Å²) in [4.78, 5) is 16.1. The summed E-state index contributed by atoms with van der Waals surface area (Å²) in [5, 5.41) is 3.36. The summed E-state index contributed by atoms with van der Waals surface area (Å²) in [5.41, 5.74) is -0.871. The molecule has 0 bridgehead atoms. The number of hydrogen-bond donors (Lipinski definition) is 0. The number of nitrogens with zero attached hydrogens (tertiary/aromatic N) is 6. The molecule has 1 saturated heterocycles. The highest BCUT2D eigenvalue weighted by Crippen LogP contribution is 2.29. The molecule has 0 spiro atoms. The molecule has 28 heavy (non-hydrogen) atoms. The van der Waals surface area contributed by atoms with Gasteiger partial charge in [-0.1, -0.05) is 0 Å². The molecule has 0 aromatic carbocycles. The number of halogens is 3. The molecule has 0 radical (unpaired) electrons. The van der Waals surface area contributed by atoms with Crippen LogP contribution in [0.3, 0.4) is 0 Å².